The molecule has 0 saturated heterocycles. The lowest BCUT2D eigenvalue weighted by Crippen LogP contribution is -2.49. The molecular formula is C21H22BNO3. The van der Waals surface area contributed by atoms with E-state index in [1.807, 2.05) is 32.0 Å². The Bertz CT molecular complexity index is 1110. The number of pyridine rings is 1. The van der Waals surface area contributed by atoms with Crippen LogP contribution in [-0.4, -0.2) is 28.8 Å². The zero-order chi connectivity index (χ0) is 18.5. The molecule has 0 radical (unpaired) electrons. The molecule has 5 heteroatoms. The molecule has 132 valence electrons. The number of furan rings is 1. The van der Waals surface area contributed by atoms with Gasteiger partial charge in [-0.1, -0.05) is 24.3 Å². The van der Waals surface area contributed by atoms with Crippen LogP contribution < -0.4 is 5.46 Å². The van der Waals surface area contributed by atoms with Crippen molar-refractivity contribution in [1.29, 1.82) is 0 Å². The van der Waals surface area contributed by atoms with Crippen LogP contribution in [0.2, 0.25) is 0 Å². The van der Waals surface area contributed by atoms with Gasteiger partial charge in [0.2, 0.25) is 0 Å². The molecule has 0 unspecified atom stereocenters. The lowest BCUT2D eigenvalue weighted by molar-refractivity contribution is -0.0893. The van der Waals surface area contributed by atoms with E-state index in [0.29, 0.717) is 7.48 Å². The van der Waals surface area contributed by atoms with Crippen molar-refractivity contribution in [2.75, 3.05) is 0 Å². The number of hydrogen-bond acceptors (Lipinski definition) is 4. The Morgan fingerprint density at radius 2 is 1.73 bits per heavy atom. The van der Waals surface area contributed by atoms with E-state index >= 15 is 0 Å². The van der Waals surface area contributed by atoms with Crippen LogP contribution in [0.1, 0.15) is 27.7 Å². The fourth-order valence-corrected chi connectivity index (χ4v) is 3.04. The molecule has 0 fully saturated rings. The van der Waals surface area contributed by atoms with Gasteiger partial charge in [-0.05, 0) is 56.7 Å². The highest BCUT2D eigenvalue weighted by molar-refractivity contribution is 6.52. The predicted molar refractivity (Wildman–Crippen MR) is 107 cm³/mol. The minimum absolute atomic E-state index is 0.415. The summed E-state index contributed by atoms with van der Waals surface area (Å²) in [5, 5.41) is 13.5. The first-order chi connectivity index (χ1) is 12.3. The molecule has 26 heavy (non-hydrogen) atoms. The van der Waals surface area contributed by atoms with Crippen molar-refractivity contribution in [3.8, 4) is 0 Å². The van der Waals surface area contributed by atoms with Crippen molar-refractivity contribution >= 4 is 45.8 Å². The van der Waals surface area contributed by atoms with Gasteiger partial charge in [-0.2, -0.15) is 0 Å². The van der Waals surface area contributed by atoms with Gasteiger partial charge in [0.25, 0.3) is 0 Å². The zero-order valence-corrected chi connectivity index (χ0v) is 15.5. The normalized spacial score (nSPS) is 13.0. The summed E-state index contributed by atoms with van der Waals surface area (Å²) in [6.45, 7) is 7.34. The standard InChI is InChI=1S/C21H22BNO3/c1-20(2,24)21(3,4)26-22-16-8-5-7-14-13(16)10-11-15-18-17(25-19(14)15)9-6-12-23-18/h5-12,22,24H,1-4H3. The van der Waals surface area contributed by atoms with Gasteiger partial charge in [-0.3, -0.25) is 4.98 Å². The minimum atomic E-state index is -0.935. The molecule has 0 bridgehead atoms. The third-order valence-electron chi connectivity index (χ3n) is 5.40. The molecule has 0 aliphatic rings. The molecule has 0 spiro atoms. The molecule has 2 heterocycles. The van der Waals surface area contributed by atoms with Crippen LogP contribution in [0.25, 0.3) is 32.8 Å². The molecule has 0 aliphatic carbocycles. The SMILES string of the molecule is CC(C)(O)C(C)(C)OBc1cccc2c1ccc1c3ncccc3oc21. The second-order valence-corrected chi connectivity index (χ2v) is 7.76. The van der Waals surface area contributed by atoms with Crippen LogP contribution in [0.4, 0.5) is 0 Å². The van der Waals surface area contributed by atoms with E-state index in [4.69, 9.17) is 9.07 Å². The summed E-state index contributed by atoms with van der Waals surface area (Å²) >= 11 is 0. The van der Waals surface area contributed by atoms with Crippen molar-refractivity contribution in [2.24, 2.45) is 0 Å². The fraction of sp³-hybridized carbons (Fsp3) is 0.286. The summed E-state index contributed by atoms with van der Waals surface area (Å²) in [6, 6.07) is 14.1. The minimum Gasteiger partial charge on any atom is -0.454 e. The second-order valence-electron chi connectivity index (χ2n) is 7.76. The average Bonchev–Trinajstić information content (AvgIpc) is 2.98. The predicted octanol–water partition coefficient (Wildman–Crippen LogP) is 3.68. The van der Waals surface area contributed by atoms with Crippen LogP contribution in [0.15, 0.2) is 53.1 Å². The first kappa shape index (κ1) is 17.1. The van der Waals surface area contributed by atoms with Crippen molar-refractivity contribution in [1.82, 2.24) is 4.98 Å². The van der Waals surface area contributed by atoms with E-state index in [2.05, 4.69) is 29.2 Å². The molecule has 4 rings (SSSR count). The average molecular weight is 347 g/mol. The van der Waals surface area contributed by atoms with E-state index in [-0.39, 0.29) is 0 Å². The Labute approximate surface area is 153 Å². The van der Waals surface area contributed by atoms with E-state index in [9.17, 15) is 5.11 Å². The lowest BCUT2D eigenvalue weighted by Gasteiger charge is -2.37. The van der Waals surface area contributed by atoms with Crippen LogP contribution >= 0.6 is 0 Å². The molecule has 0 aliphatic heterocycles. The van der Waals surface area contributed by atoms with Crippen molar-refractivity contribution in [3.05, 3.63) is 48.7 Å². The van der Waals surface area contributed by atoms with Gasteiger partial charge in [-0.15, -0.1) is 0 Å². The van der Waals surface area contributed by atoms with Crippen molar-refractivity contribution < 1.29 is 14.2 Å². The van der Waals surface area contributed by atoms with E-state index in [1.54, 1.807) is 20.0 Å². The van der Waals surface area contributed by atoms with Crippen LogP contribution in [0.3, 0.4) is 0 Å². The molecule has 4 nitrogen and oxygen atoms in total. The third-order valence-corrected chi connectivity index (χ3v) is 5.40. The van der Waals surface area contributed by atoms with Gasteiger partial charge < -0.3 is 14.2 Å². The Morgan fingerprint density at radius 3 is 2.50 bits per heavy atom. The van der Waals surface area contributed by atoms with Gasteiger partial charge in [0.15, 0.2) is 5.58 Å². The highest BCUT2D eigenvalue weighted by atomic mass is 16.5. The Kier molecular flexibility index (Phi) is 3.83. The second kappa shape index (κ2) is 5.83. The summed E-state index contributed by atoms with van der Waals surface area (Å²) in [6.07, 6.45) is 1.78. The number of nitrogens with zero attached hydrogens (tertiary/aromatic N) is 1. The molecule has 2 aromatic carbocycles. The van der Waals surface area contributed by atoms with Crippen LogP contribution in [0, 0.1) is 0 Å². The Morgan fingerprint density at radius 1 is 0.962 bits per heavy atom. The highest BCUT2D eigenvalue weighted by Gasteiger charge is 2.35. The van der Waals surface area contributed by atoms with Gasteiger partial charge in [0, 0.05) is 17.0 Å². The third kappa shape index (κ3) is 2.68. The first-order valence-corrected chi connectivity index (χ1v) is 8.82. The Hall–Kier alpha value is -2.37. The van der Waals surface area contributed by atoms with Crippen LogP contribution in [0.5, 0.6) is 0 Å². The van der Waals surface area contributed by atoms with Crippen molar-refractivity contribution in [2.45, 2.75) is 38.9 Å². The number of aromatic nitrogens is 1. The van der Waals surface area contributed by atoms with E-state index in [0.717, 1.165) is 38.3 Å². The molecule has 0 amide bonds. The highest BCUT2D eigenvalue weighted by Crippen LogP contribution is 2.32. The molecule has 2 aromatic heterocycles. The van der Waals surface area contributed by atoms with Crippen molar-refractivity contribution in [3.63, 3.8) is 0 Å². The number of rotatable bonds is 4. The zero-order valence-electron chi connectivity index (χ0n) is 15.5. The number of hydrogen-bond donors (Lipinski definition) is 1. The van der Waals surface area contributed by atoms with Gasteiger partial charge in [0.05, 0.1) is 11.2 Å². The number of fused-ring (bicyclic) bond motifs is 5. The molecule has 1 N–H and O–H groups in total. The molecule has 0 atom stereocenters. The maximum Gasteiger partial charge on any atom is 0.310 e. The van der Waals surface area contributed by atoms with Gasteiger partial charge >= 0.3 is 7.48 Å². The van der Waals surface area contributed by atoms with Gasteiger partial charge in [0.1, 0.15) is 11.1 Å². The summed E-state index contributed by atoms with van der Waals surface area (Å²) < 4.78 is 12.1. The first-order valence-electron chi connectivity index (χ1n) is 8.82. The smallest absolute Gasteiger partial charge is 0.310 e. The van der Waals surface area contributed by atoms with Crippen LogP contribution in [-0.2, 0) is 4.65 Å². The topological polar surface area (TPSA) is 55.5 Å². The molecule has 0 saturated carbocycles. The quantitative estimate of drug-likeness (QED) is 0.572. The number of benzene rings is 2. The fourth-order valence-electron chi connectivity index (χ4n) is 3.04. The largest absolute Gasteiger partial charge is 0.454 e. The number of aliphatic hydroxyl groups is 1. The van der Waals surface area contributed by atoms with E-state index in [1.165, 1.54) is 0 Å². The van der Waals surface area contributed by atoms with Gasteiger partial charge in [-0.25, -0.2) is 0 Å². The maximum absolute atomic E-state index is 10.3. The Balaban J connectivity index is 1.81. The maximum atomic E-state index is 10.3. The summed E-state index contributed by atoms with van der Waals surface area (Å²) in [4.78, 5) is 4.45. The summed E-state index contributed by atoms with van der Waals surface area (Å²) in [5.74, 6) is 0. The van der Waals surface area contributed by atoms with E-state index < -0.39 is 11.2 Å². The molecule has 4 aromatic rings. The summed E-state index contributed by atoms with van der Waals surface area (Å²) in [5.41, 5.74) is 1.99. The lowest BCUT2D eigenvalue weighted by atomic mass is 9.80. The molecular weight excluding hydrogens is 325 g/mol. The monoisotopic (exact) mass is 347 g/mol. The summed E-state index contributed by atoms with van der Waals surface area (Å²) in [7, 11) is 0.415.